The number of nitrogens with zero attached hydrogens (tertiary/aromatic N) is 3. The van der Waals surface area contributed by atoms with Crippen molar-refractivity contribution in [3.05, 3.63) is 83.3 Å². The molecule has 0 saturated heterocycles. The summed E-state index contributed by atoms with van der Waals surface area (Å²) in [5, 5.41) is 3.65. The molecule has 3 aromatic heterocycles. The van der Waals surface area contributed by atoms with E-state index in [1.165, 1.54) is 0 Å². The number of rotatable bonds is 2. The lowest BCUT2D eigenvalue weighted by Gasteiger charge is -2.23. The summed E-state index contributed by atoms with van der Waals surface area (Å²) < 4.78 is 2.18. The van der Waals surface area contributed by atoms with Gasteiger partial charge in [0.05, 0.1) is 0 Å². The second-order valence-corrected chi connectivity index (χ2v) is 8.54. The van der Waals surface area contributed by atoms with Crippen molar-refractivity contribution >= 4 is 11.5 Å². The van der Waals surface area contributed by atoms with Crippen LogP contribution in [0.15, 0.2) is 60.7 Å². The molecule has 1 N–H and O–H groups in total. The summed E-state index contributed by atoms with van der Waals surface area (Å²) in [6.07, 6.45) is 0. The number of nitrogens with one attached hydrogen (secondary N) is 1. The molecule has 4 nitrogen and oxygen atoms in total. The maximum absolute atomic E-state index is 4.94. The van der Waals surface area contributed by atoms with Crippen molar-refractivity contribution in [2.45, 2.75) is 40.2 Å². The van der Waals surface area contributed by atoms with Crippen LogP contribution in [-0.4, -0.2) is 19.9 Å². The van der Waals surface area contributed by atoms with E-state index < -0.39 is 0 Å². The third-order valence-corrected chi connectivity index (χ3v) is 4.69. The third kappa shape index (κ3) is 4.21. The van der Waals surface area contributed by atoms with Crippen molar-refractivity contribution in [3.63, 3.8) is 0 Å². The van der Waals surface area contributed by atoms with E-state index in [9.17, 15) is 0 Å². The van der Waals surface area contributed by atoms with E-state index in [0.29, 0.717) is 0 Å². The molecule has 0 saturated carbocycles. The number of anilines is 1. The van der Waals surface area contributed by atoms with Crippen LogP contribution in [-0.2, 0) is 0 Å². The normalized spacial score (nSPS) is 11.2. The highest BCUT2D eigenvalue weighted by atomic mass is 15.2. The molecule has 0 atom stereocenters. The Morgan fingerprint density at radius 2 is 1.63 bits per heavy atom. The van der Waals surface area contributed by atoms with Crippen LogP contribution in [0, 0.1) is 25.7 Å². The summed E-state index contributed by atoms with van der Waals surface area (Å²) >= 11 is 0. The van der Waals surface area contributed by atoms with Gasteiger partial charge in [-0.2, -0.15) is 0 Å². The zero-order valence-electron chi connectivity index (χ0n) is 18.1. The van der Waals surface area contributed by atoms with E-state index in [1.54, 1.807) is 0 Å². The number of pyridine rings is 2. The minimum atomic E-state index is -0.0960. The van der Waals surface area contributed by atoms with Crippen LogP contribution >= 0.6 is 0 Å². The Kier molecular flexibility index (Phi) is 5.05. The second kappa shape index (κ2) is 7.68. The van der Waals surface area contributed by atoms with Gasteiger partial charge in [0.1, 0.15) is 22.9 Å². The Bertz CT molecular complexity index is 1280. The molecule has 0 amide bonds. The highest BCUT2D eigenvalue weighted by molar-refractivity contribution is 5.78. The van der Waals surface area contributed by atoms with Crippen molar-refractivity contribution in [2.75, 3.05) is 5.32 Å². The zero-order chi connectivity index (χ0) is 21.3. The van der Waals surface area contributed by atoms with E-state index in [1.807, 2.05) is 49.4 Å². The minimum Gasteiger partial charge on any atom is -0.365 e. The third-order valence-electron chi connectivity index (χ3n) is 4.69. The second-order valence-electron chi connectivity index (χ2n) is 8.54. The van der Waals surface area contributed by atoms with Crippen molar-refractivity contribution in [2.24, 2.45) is 0 Å². The Balaban J connectivity index is 1.81. The zero-order valence-corrected chi connectivity index (χ0v) is 18.1. The Morgan fingerprint density at radius 1 is 0.867 bits per heavy atom. The minimum absolute atomic E-state index is 0.0960. The first-order chi connectivity index (χ1) is 14.3. The summed E-state index contributed by atoms with van der Waals surface area (Å²) in [6, 6.07) is 20.3. The van der Waals surface area contributed by atoms with Gasteiger partial charge in [-0.3, -0.25) is 4.40 Å². The molecule has 0 radical (unpaired) electrons. The van der Waals surface area contributed by atoms with Crippen molar-refractivity contribution in [1.82, 2.24) is 14.4 Å². The highest BCUT2D eigenvalue weighted by Gasteiger charge is 2.20. The molecule has 0 bridgehead atoms. The molecule has 4 aromatic rings. The van der Waals surface area contributed by atoms with Crippen LogP contribution in [0.5, 0.6) is 0 Å². The van der Waals surface area contributed by atoms with Gasteiger partial charge in [0.15, 0.2) is 0 Å². The first-order valence-electron chi connectivity index (χ1n) is 10.1. The van der Waals surface area contributed by atoms with Gasteiger partial charge < -0.3 is 5.32 Å². The monoisotopic (exact) mass is 394 g/mol. The quantitative estimate of drug-likeness (QED) is 0.449. The molecule has 4 heteroatoms. The summed E-state index contributed by atoms with van der Waals surface area (Å²) in [5.41, 5.74) is 6.61. The van der Waals surface area contributed by atoms with Crippen LogP contribution < -0.4 is 5.32 Å². The molecular formula is C26H26N4. The predicted molar refractivity (Wildman–Crippen MR) is 124 cm³/mol. The van der Waals surface area contributed by atoms with Crippen LogP contribution in [0.3, 0.4) is 0 Å². The van der Waals surface area contributed by atoms with Crippen LogP contribution in [0.2, 0.25) is 0 Å². The maximum Gasteiger partial charge on any atom is 0.139 e. The van der Waals surface area contributed by atoms with Gasteiger partial charge in [-0.25, -0.2) is 9.97 Å². The first kappa shape index (κ1) is 19.7. The summed E-state index contributed by atoms with van der Waals surface area (Å²) in [5.74, 6) is 7.41. The number of hydrogen-bond acceptors (Lipinski definition) is 3. The Hall–Kier alpha value is -3.58. The van der Waals surface area contributed by atoms with E-state index >= 15 is 0 Å². The van der Waals surface area contributed by atoms with Gasteiger partial charge in [0, 0.05) is 28.1 Å². The molecule has 3 heterocycles. The lowest BCUT2D eigenvalue weighted by Crippen LogP contribution is -2.27. The Morgan fingerprint density at radius 3 is 2.40 bits per heavy atom. The molecule has 0 aliphatic heterocycles. The number of aryl methyl sites for hydroxylation is 2. The van der Waals surface area contributed by atoms with Gasteiger partial charge in [0.25, 0.3) is 0 Å². The molecule has 0 unspecified atom stereocenters. The lowest BCUT2D eigenvalue weighted by molar-refractivity contribution is 0.629. The molecule has 30 heavy (non-hydrogen) atoms. The molecular weight excluding hydrogens is 368 g/mol. The van der Waals surface area contributed by atoms with Gasteiger partial charge in [-0.05, 0) is 76.9 Å². The number of aromatic nitrogens is 3. The van der Waals surface area contributed by atoms with Crippen LogP contribution in [0.1, 0.15) is 43.4 Å². The lowest BCUT2D eigenvalue weighted by atomic mass is 10.1. The molecule has 4 rings (SSSR count). The van der Waals surface area contributed by atoms with Gasteiger partial charge >= 0.3 is 0 Å². The predicted octanol–water partition coefficient (Wildman–Crippen LogP) is 5.62. The van der Waals surface area contributed by atoms with Crippen LogP contribution in [0.4, 0.5) is 5.82 Å². The van der Waals surface area contributed by atoms with E-state index in [2.05, 4.69) is 72.4 Å². The fraction of sp³-hybridized carbons (Fsp3) is 0.231. The van der Waals surface area contributed by atoms with Crippen molar-refractivity contribution in [1.29, 1.82) is 0 Å². The van der Waals surface area contributed by atoms with E-state index in [0.717, 1.165) is 45.4 Å². The van der Waals surface area contributed by atoms with Crippen molar-refractivity contribution < 1.29 is 0 Å². The molecule has 0 spiro atoms. The fourth-order valence-corrected chi connectivity index (χ4v) is 3.42. The molecule has 0 aliphatic rings. The number of fused-ring (bicyclic) bond motifs is 1. The molecule has 150 valence electrons. The topological polar surface area (TPSA) is 42.2 Å². The smallest absolute Gasteiger partial charge is 0.139 e. The van der Waals surface area contributed by atoms with Gasteiger partial charge in [-0.15, -0.1) is 0 Å². The van der Waals surface area contributed by atoms with E-state index in [-0.39, 0.29) is 5.54 Å². The fourth-order valence-electron chi connectivity index (χ4n) is 3.42. The standard InChI is InChI=1S/C26H26N4/c1-18-9-6-13-22(27-18)16-15-20-11-8-12-21(17-20)24-25(29-26(3,4)5)30-19(2)10-7-14-23(30)28-24/h6-14,17,29H,1-5H3. The number of hydrogen-bond donors (Lipinski definition) is 1. The highest BCUT2D eigenvalue weighted by Crippen LogP contribution is 2.32. The van der Waals surface area contributed by atoms with Gasteiger partial charge in [-0.1, -0.05) is 30.2 Å². The summed E-state index contributed by atoms with van der Waals surface area (Å²) in [4.78, 5) is 9.40. The number of benzene rings is 1. The van der Waals surface area contributed by atoms with Crippen molar-refractivity contribution in [3.8, 4) is 23.1 Å². The Labute approximate surface area is 178 Å². The average Bonchev–Trinajstić information content (AvgIpc) is 3.05. The number of imidazole rings is 1. The molecule has 1 aromatic carbocycles. The van der Waals surface area contributed by atoms with Crippen LogP contribution in [0.25, 0.3) is 16.9 Å². The molecule has 0 fully saturated rings. The van der Waals surface area contributed by atoms with E-state index in [4.69, 9.17) is 4.98 Å². The summed E-state index contributed by atoms with van der Waals surface area (Å²) in [6.45, 7) is 10.5. The summed E-state index contributed by atoms with van der Waals surface area (Å²) in [7, 11) is 0. The first-order valence-corrected chi connectivity index (χ1v) is 10.1. The SMILES string of the molecule is Cc1cccc(C#Cc2cccc(-c3nc4cccc(C)n4c3NC(C)(C)C)c2)n1. The molecule has 0 aliphatic carbocycles. The average molecular weight is 395 g/mol. The largest absolute Gasteiger partial charge is 0.365 e. The maximum atomic E-state index is 4.94. The van der Waals surface area contributed by atoms with Gasteiger partial charge in [0.2, 0.25) is 0 Å².